The second-order valence-corrected chi connectivity index (χ2v) is 6.45. The predicted octanol–water partition coefficient (Wildman–Crippen LogP) is 3.60. The number of hydrogen-bond acceptors (Lipinski definition) is 6. The van der Waals surface area contributed by atoms with Gasteiger partial charge in [-0.1, -0.05) is 36.4 Å². The summed E-state index contributed by atoms with van der Waals surface area (Å²) < 4.78 is 10.5. The molecule has 2 N–H and O–H groups in total. The van der Waals surface area contributed by atoms with Crippen LogP contribution < -0.4 is 20.1 Å². The number of hydrogen-bond donors (Lipinski definition) is 2. The molecule has 29 heavy (non-hydrogen) atoms. The van der Waals surface area contributed by atoms with Crippen molar-refractivity contribution in [2.24, 2.45) is 0 Å². The molecule has 0 aliphatic carbocycles. The van der Waals surface area contributed by atoms with Gasteiger partial charge in [-0.05, 0) is 42.3 Å². The molecule has 3 aromatic rings. The zero-order valence-electron chi connectivity index (χ0n) is 16.7. The van der Waals surface area contributed by atoms with Crippen LogP contribution in [0.1, 0.15) is 34.6 Å². The van der Waals surface area contributed by atoms with Gasteiger partial charge in [-0.25, -0.2) is 0 Å². The molecular formula is C22H24N4O3. The number of methoxy groups -OCH3 is 2. The number of nitrogens with zero attached hydrogens (tertiary/aromatic N) is 2. The molecule has 2 aromatic carbocycles. The van der Waals surface area contributed by atoms with E-state index in [9.17, 15) is 4.79 Å². The zero-order chi connectivity index (χ0) is 20.6. The Bertz CT molecular complexity index is 946. The lowest BCUT2D eigenvalue weighted by Crippen LogP contribution is -2.27. The van der Waals surface area contributed by atoms with Crippen LogP contribution in [-0.2, 0) is 6.54 Å². The normalized spacial score (nSPS) is 11.4. The van der Waals surface area contributed by atoms with Crippen LogP contribution in [0, 0.1) is 0 Å². The number of nitrogens with one attached hydrogen (secondary N) is 2. The molecule has 0 aliphatic rings. The summed E-state index contributed by atoms with van der Waals surface area (Å²) in [6.45, 7) is 2.46. The first-order valence-corrected chi connectivity index (χ1v) is 9.25. The van der Waals surface area contributed by atoms with Gasteiger partial charge in [0.25, 0.3) is 5.91 Å². The van der Waals surface area contributed by atoms with Crippen molar-refractivity contribution in [1.29, 1.82) is 0 Å². The van der Waals surface area contributed by atoms with Crippen LogP contribution in [0.4, 0.5) is 5.82 Å². The van der Waals surface area contributed by atoms with Gasteiger partial charge in [-0.3, -0.25) is 4.79 Å². The van der Waals surface area contributed by atoms with Crippen LogP contribution in [-0.4, -0.2) is 30.3 Å². The van der Waals surface area contributed by atoms with Crippen molar-refractivity contribution in [3.63, 3.8) is 0 Å². The van der Waals surface area contributed by atoms with Crippen LogP contribution in [0.15, 0.2) is 60.7 Å². The number of carbonyl (C=O) groups excluding carboxylic acids is 1. The van der Waals surface area contributed by atoms with E-state index in [1.54, 1.807) is 26.4 Å². The fourth-order valence-electron chi connectivity index (χ4n) is 2.83. The van der Waals surface area contributed by atoms with Crippen LogP contribution in [0.25, 0.3) is 0 Å². The van der Waals surface area contributed by atoms with Gasteiger partial charge in [0, 0.05) is 6.54 Å². The third kappa shape index (κ3) is 5.22. The van der Waals surface area contributed by atoms with Crippen LogP contribution in [0.5, 0.6) is 11.5 Å². The zero-order valence-corrected chi connectivity index (χ0v) is 16.7. The highest BCUT2D eigenvalue weighted by Gasteiger charge is 2.13. The molecule has 7 nitrogen and oxygen atoms in total. The van der Waals surface area contributed by atoms with Crippen molar-refractivity contribution in [2.45, 2.75) is 19.5 Å². The van der Waals surface area contributed by atoms with E-state index in [0.29, 0.717) is 23.9 Å². The number of carbonyl (C=O) groups is 1. The molecule has 1 amide bonds. The van der Waals surface area contributed by atoms with Gasteiger partial charge in [-0.15, -0.1) is 10.2 Å². The molecule has 0 bridgehead atoms. The Hall–Kier alpha value is -3.61. The average Bonchev–Trinajstić information content (AvgIpc) is 2.78. The van der Waals surface area contributed by atoms with Crippen molar-refractivity contribution in [3.8, 4) is 11.5 Å². The summed E-state index contributed by atoms with van der Waals surface area (Å²) in [5.74, 6) is 1.65. The minimum Gasteiger partial charge on any atom is -0.493 e. The Balaban J connectivity index is 1.58. The lowest BCUT2D eigenvalue weighted by atomic mass is 10.1. The number of rotatable bonds is 8. The third-order valence-electron chi connectivity index (χ3n) is 4.47. The predicted molar refractivity (Wildman–Crippen MR) is 111 cm³/mol. The van der Waals surface area contributed by atoms with E-state index in [1.807, 2.05) is 55.5 Å². The van der Waals surface area contributed by atoms with Gasteiger partial charge < -0.3 is 20.1 Å². The Morgan fingerprint density at radius 1 is 0.966 bits per heavy atom. The Labute approximate surface area is 170 Å². The van der Waals surface area contributed by atoms with E-state index < -0.39 is 0 Å². The second kappa shape index (κ2) is 9.54. The van der Waals surface area contributed by atoms with Gasteiger partial charge in [0.1, 0.15) is 5.82 Å². The minimum atomic E-state index is -0.264. The minimum absolute atomic E-state index is 0.117. The van der Waals surface area contributed by atoms with Crippen molar-refractivity contribution in [2.75, 3.05) is 19.5 Å². The fourth-order valence-corrected chi connectivity index (χ4v) is 2.83. The number of aromatic nitrogens is 2. The van der Waals surface area contributed by atoms with Crippen LogP contribution >= 0.6 is 0 Å². The first kappa shape index (κ1) is 20.1. The maximum Gasteiger partial charge on any atom is 0.272 e. The van der Waals surface area contributed by atoms with Gasteiger partial charge in [0.05, 0.1) is 20.3 Å². The van der Waals surface area contributed by atoms with Crippen molar-refractivity contribution >= 4 is 11.7 Å². The first-order chi connectivity index (χ1) is 14.1. The average molecular weight is 392 g/mol. The summed E-state index contributed by atoms with van der Waals surface area (Å²) in [7, 11) is 3.20. The molecule has 1 atom stereocenters. The summed E-state index contributed by atoms with van der Waals surface area (Å²) in [5, 5.41) is 14.2. The molecule has 0 radical (unpaired) electrons. The molecule has 3 rings (SSSR count). The standard InChI is InChI=1S/C22H24N4O3/c1-15(17-7-5-4-6-8-17)24-22(27)18-10-12-21(26-25-18)23-14-16-9-11-19(28-2)20(13-16)29-3/h4-13,15H,14H2,1-3H3,(H,23,26)(H,24,27). The van der Waals surface area contributed by atoms with Gasteiger partial charge in [0.15, 0.2) is 17.2 Å². The Morgan fingerprint density at radius 3 is 2.38 bits per heavy atom. The molecular weight excluding hydrogens is 368 g/mol. The Kier molecular flexibility index (Phi) is 6.63. The maximum absolute atomic E-state index is 12.4. The molecule has 0 saturated carbocycles. The van der Waals surface area contributed by atoms with Gasteiger partial charge >= 0.3 is 0 Å². The first-order valence-electron chi connectivity index (χ1n) is 9.25. The number of amides is 1. The molecule has 7 heteroatoms. The monoisotopic (exact) mass is 392 g/mol. The quantitative estimate of drug-likeness (QED) is 0.609. The molecule has 1 heterocycles. The van der Waals surface area contributed by atoms with E-state index >= 15 is 0 Å². The molecule has 0 spiro atoms. The van der Waals surface area contributed by atoms with Crippen molar-refractivity contribution in [3.05, 3.63) is 77.5 Å². The maximum atomic E-state index is 12.4. The fraction of sp³-hybridized carbons (Fsp3) is 0.227. The van der Waals surface area contributed by atoms with Crippen LogP contribution in [0.2, 0.25) is 0 Å². The summed E-state index contributed by atoms with van der Waals surface area (Å²) in [5.41, 5.74) is 2.30. The lowest BCUT2D eigenvalue weighted by Gasteiger charge is -2.14. The third-order valence-corrected chi connectivity index (χ3v) is 4.47. The molecule has 0 aliphatic heterocycles. The smallest absolute Gasteiger partial charge is 0.272 e. The lowest BCUT2D eigenvalue weighted by molar-refractivity contribution is 0.0934. The summed E-state index contributed by atoms with van der Waals surface area (Å²) in [6, 6.07) is 18.7. The molecule has 0 fully saturated rings. The number of anilines is 1. The topological polar surface area (TPSA) is 85.4 Å². The Morgan fingerprint density at radius 2 is 1.72 bits per heavy atom. The van der Waals surface area contributed by atoms with Crippen molar-refractivity contribution < 1.29 is 14.3 Å². The summed E-state index contributed by atoms with van der Waals surface area (Å²) >= 11 is 0. The second-order valence-electron chi connectivity index (χ2n) is 6.45. The van der Waals surface area contributed by atoms with E-state index in [1.165, 1.54) is 0 Å². The molecule has 1 aromatic heterocycles. The van der Waals surface area contributed by atoms with E-state index in [0.717, 1.165) is 11.1 Å². The molecule has 150 valence electrons. The summed E-state index contributed by atoms with van der Waals surface area (Å²) in [6.07, 6.45) is 0. The van der Waals surface area contributed by atoms with Gasteiger partial charge in [0.2, 0.25) is 0 Å². The SMILES string of the molecule is COc1ccc(CNc2ccc(C(=O)NC(C)c3ccccc3)nn2)cc1OC. The van der Waals surface area contributed by atoms with E-state index in [-0.39, 0.29) is 17.6 Å². The van der Waals surface area contributed by atoms with E-state index in [4.69, 9.17) is 9.47 Å². The highest BCUT2D eigenvalue weighted by molar-refractivity contribution is 5.92. The van der Waals surface area contributed by atoms with Crippen molar-refractivity contribution in [1.82, 2.24) is 15.5 Å². The largest absolute Gasteiger partial charge is 0.493 e. The highest BCUT2D eigenvalue weighted by Crippen LogP contribution is 2.27. The molecule has 0 saturated heterocycles. The summed E-state index contributed by atoms with van der Waals surface area (Å²) in [4.78, 5) is 12.4. The van der Waals surface area contributed by atoms with Crippen LogP contribution in [0.3, 0.4) is 0 Å². The van der Waals surface area contributed by atoms with E-state index in [2.05, 4.69) is 20.8 Å². The number of benzene rings is 2. The molecule has 1 unspecified atom stereocenters. The highest BCUT2D eigenvalue weighted by atomic mass is 16.5. The van der Waals surface area contributed by atoms with Gasteiger partial charge in [-0.2, -0.15) is 0 Å². The number of ether oxygens (including phenoxy) is 2.